The van der Waals surface area contributed by atoms with Crippen LogP contribution in [0.1, 0.15) is 13.3 Å². The number of carbonyl (C=O) groups excluding carboxylic acids is 1. The largest absolute Gasteiger partial charge is 0.383 e. The molecular formula is C14H21N3O. The van der Waals surface area contributed by atoms with Crippen LogP contribution in [0, 0.1) is 0 Å². The molecule has 0 aliphatic carbocycles. The van der Waals surface area contributed by atoms with Crippen molar-refractivity contribution in [3.63, 3.8) is 0 Å². The first-order valence-electron chi connectivity index (χ1n) is 6.42. The van der Waals surface area contributed by atoms with Crippen LogP contribution in [0.15, 0.2) is 24.3 Å². The maximum absolute atomic E-state index is 12.1. The Bertz CT molecular complexity index is 431. The Labute approximate surface area is 109 Å². The molecule has 1 unspecified atom stereocenters. The fraction of sp³-hybridized carbons (Fsp3) is 0.500. The first kappa shape index (κ1) is 12.7. The molecule has 18 heavy (non-hydrogen) atoms. The van der Waals surface area contributed by atoms with Gasteiger partial charge in [0.05, 0.1) is 11.4 Å². The fourth-order valence-corrected chi connectivity index (χ4v) is 2.38. The van der Waals surface area contributed by atoms with Crippen LogP contribution in [0.5, 0.6) is 0 Å². The zero-order valence-corrected chi connectivity index (χ0v) is 11.3. The summed E-state index contributed by atoms with van der Waals surface area (Å²) in [6.45, 7) is 3.84. The van der Waals surface area contributed by atoms with Gasteiger partial charge in [-0.05, 0) is 25.5 Å². The van der Waals surface area contributed by atoms with Crippen molar-refractivity contribution in [3.8, 4) is 0 Å². The molecule has 0 aromatic heterocycles. The van der Waals surface area contributed by atoms with Crippen molar-refractivity contribution in [2.75, 3.05) is 37.4 Å². The number of rotatable bonds is 2. The lowest BCUT2D eigenvalue weighted by molar-refractivity contribution is -0.129. The van der Waals surface area contributed by atoms with Crippen molar-refractivity contribution in [2.24, 2.45) is 0 Å². The highest BCUT2D eigenvalue weighted by atomic mass is 16.2. The molecule has 98 valence electrons. The number of benzene rings is 1. The molecule has 1 N–H and O–H groups in total. The molecule has 1 aromatic carbocycles. The van der Waals surface area contributed by atoms with Crippen LogP contribution >= 0.6 is 0 Å². The van der Waals surface area contributed by atoms with Gasteiger partial charge in [0.25, 0.3) is 0 Å². The predicted molar refractivity (Wildman–Crippen MR) is 75.1 cm³/mol. The summed E-state index contributed by atoms with van der Waals surface area (Å²) in [5.74, 6) is 0.145. The second-order valence-corrected chi connectivity index (χ2v) is 4.90. The van der Waals surface area contributed by atoms with Gasteiger partial charge in [-0.3, -0.25) is 4.79 Å². The lowest BCUT2D eigenvalue weighted by Crippen LogP contribution is -2.45. The van der Waals surface area contributed by atoms with Crippen LogP contribution in [0.2, 0.25) is 0 Å². The number of nitrogens with one attached hydrogen (secondary N) is 1. The van der Waals surface area contributed by atoms with Gasteiger partial charge >= 0.3 is 0 Å². The second-order valence-electron chi connectivity index (χ2n) is 4.90. The van der Waals surface area contributed by atoms with Gasteiger partial charge in [-0.2, -0.15) is 0 Å². The van der Waals surface area contributed by atoms with Crippen LogP contribution in [0.3, 0.4) is 0 Å². The molecule has 0 saturated heterocycles. The summed E-state index contributed by atoms with van der Waals surface area (Å²) < 4.78 is 0. The zero-order valence-electron chi connectivity index (χ0n) is 11.3. The number of hydrogen-bond acceptors (Lipinski definition) is 3. The van der Waals surface area contributed by atoms with Crippen LogP contribution in [-0.2, 0) is 4.79 Å². The minimum absolute atomic E-state index is 0.124. The molecule has 1 aliphatic rings. The number of likely N-dealkylation sites (N-methyl/N-ethyl adjacent to an activating group) is 1. The minimum atomic E-state index is -0.124. The molecular weight excluding hydrogens is 226 g/mol. The average molecular weight is 247 g/mol. The quantitative estimate of drug-likeness (QED) is 0.865. The van der Waals surface area contributed by atoms with E-state index in [1.54, 1.807) is 19.0 Å². The van der Waals surface area contributed by atoms with Crippen molar-refractivity contribution < 1.29 is 4.79 Å². The van der Waals surface area contributed by atoms with Crippen LogP contribution in [0.25, 0.3) is 0 Å². The van der Waals surface area contributed by atoms with Crippen molar-refractivity contribution in [1.82, 2.24) is 4.90 Å². The van der Waals surface area contributed by atoms with Crippen LogP contribution in [-0.4, -0.2) is 44.0 Å². The monoisotopic (exact) mass is 247 g/mol. The summed E-state index contributed by atoms with van der Waals surface area (Å²) in [7, 11) is 3.61. The first-order valence-corrected chi connectivity index (χ1v) is 6.42. The molecule has 1 atom stereocenters. The van der Waals surface area contributed by atoms with Gasteiger partial charge in [-0.15, -0.1) is 0 Å². The van der Waals surface area contributed by atoms with E-state index in [0.717, 1.165) is 30.9 Å². The molecule has 0 fully saturated rings. The number of para-hydroxylation sites is 2. The van der Waals surface area contributed by atoms with Gasteiger partial charge < -0.3 is 15.1 Å². The Kier molecular flexibility index (Phi) is 3.75. The number of carbonyl (C=O) groups is 1. The van der Waals surface area contributed by atoms with E-state index in [4.69, 9.17) is 0 Å². The Morgan fingerprint density at radius 3 is 2.83 bits per heavy atom. The van der Waals surface area contributed by atoms with E-state index >= 15 is 0 Å². The number of fused-ring (bicyclic) bond motifs is 1. The van der Waals surface area contributed by atoms with Gasteiger partial charge in [-0.1, -0.05) is 12.1 Å². The lowest BCUT2D eigenvalue weighted by Gasteiger charge is -2.31. The molecule has 0 radical (unpaired) electrons. The van der Waals surface area contributed by atoms with Gasteiger partial charge in [0.15, 0.2) is 0 Å². The maximum Gasteiger partial charge on any atom is 0.244 e. The number of nitrogens with zero attached hydrogens (tertiary/aromatic N) is 2. The van der Waals surface area contributed by atoms with E-state index < -0.39 is 0 Å². The Balaban J connectivity index is 2.30. The second kappa shape index (κ2) is 5.29. The van der Waals surface area contributed by atoms with Crippen molar-refractivity contribution in [2.45, 2.75) is 19.4 Å². The third kappa shape index (κ3) is 2.42. The molecule has 4 nitrogen and oxygen atoms in total. The topological polar surface area (TPSA) is 35.6 Å². The lowest BCUT2D eigenvalue weighted by atomic mass is 10.2. The highest BCUT2D eigenvalue weighted by Crippen LogP contribution is 2.29. The zero-order chi connectivity index (χ0) is 13.1. The van der Waals surface area contributed by atoms with Gasteiger partial charge in [0.2, 0.25) is 5.91 Å². The van der Waals surface area contributed by atoms with E-state index in [-0.39, 0.29) is 11.9 Å². The van der Waals surface area contributed by atoms with Gasteiger partial charge in [-0.25, -0.2) is 0 Å². The Hall–Kier alpha value is -1.71. The normalized spacial score (nSPS) is 16.3. The molecule has 1 heterocycles. The summed E-state index contributed by atoms with van der Waals surface area (Å²) in [6, 6.07) is 8.06. The SMILES string of the molecule is CC(C(=O)N(C)C)N1CCCNc2ccccc21. The van der Waals surface area contributed by atoms with Crippen molar-refractivity contribution >= 4 is 17.3 Å². The maximum atomic E-state index is 12.1. The minimum Gasteiger partial charge on any atom is -0.383 e. The summed E-state index contributed by atoms with van der Waals surface area (Å²) in [4.78, 5) is 16.0. The van der Waals surface area contributed by atoms with E-state index in [1.165, 1.54) is 0 Å². The highest BCUT2D eigenvalue weighted by Gasteiger charge is 2.25. The van der Waals surface area contributed by atoms with E-state index in [9.17, 15) is 4.79 Å². The molecule has 0 bridgehead atoms. The average Bonchev–Trinajstić information content (AvgIpc) is 2.59. The van der Waals surface area contributed by atoms with Crippen LogP contribution < -0.4 is 10.2 Å². The Morgan fingerprint density at radius 2 is 2.11 bits per heavy atom. The highest BCUT2D eigenvalue weighted by molar-refractivity contribution is 5.86. The third-order valence-corrected chi connectivity index (χ3v) is 3.37. The smallest absolute Gasteiger partial charge is 0.244 e. The molecule has 0 spiro atoms. The summed E-state index contributed by atoms with van der Waals surface area (Å²) in [6.07, 6.45) is 1.04. The van der Waals surface area contributed by atoms with Gasteiger partial charge in [0.1, 0.15) is 6.04 Å². The summed E-state index contributed by atoms with van der Waals surface area (Å²) in [5, 5.41) is 3.41. The molecule has 2 rings (SSSR count). The van der Waals surface area contributed by atoms with Crippen molar-refractivity contribution in [3.05, 3.63) is 24.3 Å². The van der Waals surface area contributed by atoms with E-state index in [0.29, 0.717) is 0 Å². The molecule has 1 aromatic rings. The first-order chi connectivity index (χ1) is 8.61. The van der Waals surface area contributed by atoms with E-state index in [2.05, 4.69) is 22.3 Å². The summed E-state index contributed by atoms with van der Waals surface area (Å²) in [5.41, 5.74) is 2.24. The number of hydrogen-bond donors (Lipinski definition) is 1. The summed E-state index contributed by atoms with van der Waals surface area (Å²) >= 11 is 0. The van der Waals surface area contributed by atoms with Gasteiger partial charge in [0, 0.05) is 27.2 Å². The molecule has 1 amide bonds. The van der Waals surface area contributed by atoms with Crippen LogP contribution in [0.4, 0.5) is 11.4 Å². The molecule has 4 heteroatoms. The van der Waals surface area contributed by atoms with Crippen molar-refractivity contribution in [1.29, 1.82) is 0 Å². The standard InChI is InChI=1S/C14H21N3O/c1-11(14(18)16(2)3)17-10-6-9-15-12-7-4-5-8-13(12)17/h4-5,7-8,11,15H,6,9-10H2,1-3H3. The molecule has 1 aliphatic heterocycles. The van der Waals surface area contributed by atoms with E-state index in [1.807, 2.05) is 19.1 Å². The number of amides is 1. The number of anilines is 2. The third-order valence-electron chi connectivity index (χ3n) is 3.37. The predicted octanol–water partition coefficient (Wildman–Crippen LogP) is 1.79. The fourth-order valence-electron chi connectivity index (χ4n) is 2.38. The Morgan fingerprint density at radius 1 is 1.39 bits per heavy atom. The molecule has 0 saturated carbocycles.